The molecule has 8 rings (SSSR count). The average Bonchev–Trinajstić information content (AvgIpc) is 0.790. The Kier molecular flexibility index (Phi) is 38.3. The van der Waals surface area contributed by atoms with Crippen LogP contribution in [0.1, 0.15) is 25.7 Å². The first-order valence-electron chi connectivity index (χ1n) is 31.4. The fourth-order valence-corrected chi connectivity index (χ4v) is 14.8. The van der Waals surface area contributed by atoms with Gasteiger partial charge in [-0.15, -0.1) is 17.3 Å². The third-order valence-corrected chi connectivity index (χ3v) is 20.6. The van der Waals surface area contributed by atoms with Gasteiger partial charge < -0.3 is 122 Å². The number of ether oxygens (including phenoxy) is 16. The second-order valence-corrected chi connectivity index (χ2v) is 30.5. The second kappa shape index (κ2) is 44.5. The Morgan fingerprint density at radius 2 is 0.573 bits per heavy atom. The van der Waals surface area contributed by atoms with E-state index in [1.807, 2.05) is 0 Å². The van der Waals surface area contributed by atoms with Gasteiger partial charge in [0.25, 0.3) is 0 Å². The molecule has 0 spiro atoms. The van der Waals surface area contributed by atoms with Crippen LogP contribution in [0.2, 0.25) is 0 Å². The predicted molar refractivity (Wildman–Crippen MR) is 335 cm³/mol. The summed E-state index contributed by atoms with van der Waals surface area (Å²) in [4.78, 5) is 0. The van der Waals surface area contributed by atoms with E-state index in [4.69, 9.17) is 96.8 Å². The number of hydrogen-bond acceptors (Lipinski definition) is 57. The lowest BCUT2D eigenvalue weighted by Crippen LogP contribution is -2.66. The van der Waals surface area contributed by atoms with Crippen LogP contribution in [0, 0.1) is 0 Å². The van der Waals surface area contributed by atoms with Crippen molar-refractivity contribution in [2.45, 2.75) is 222 Å². The van der Waals surface area contributed by atoms with Crippen molar-refractivity contribution in [2.75, 3.05) is 60.0 Å². The van der Waals surface area contributed by atoms with Crippen LogP contribution >= 0.6 is 48.9 Å². The zero-order valence-corrected chi connectivity index (χ0v) is 62.1. The summed E-state index contributed by atoms with van der Waals surface area (Å²) in [5.74, 6) is 0. The van der Waals surface area contributed by atoms with E-state index >= 15 is 0 Å². The van der Waals surface area contributed by atoms with Crippen LogP contribution in [0.15, 0.2) is 0 Å². The monoisotopic (exact) mass is 1780 g/mol. The van der Waals surface area contributed by atoms with Crippen LogP contribution in [-0.2, 0) is 172 Å². The Balaban J connectivity index is 0.924. The first kappa shape index (κ1) is 94.7. The van der Waals surface area contributed by atoms with Gasteiger partial charge in [-0.2, -0.15) is 33.7 Å². The maximum Gasteiger partial charge on any atom is 0.397 e. The van der Waals surface area contributed by atoms with Crippen LogP contribution in [-0.4, -0.2) is 375 Å². The topological polar surface area (TPSA) is 787 Å². The van der Waals surface area contributed by atoms with E-state index in [1.54, 1.807) is 0 Å². The molecule has 8 aliphatic heterocycles. The van der Waals surface area contributed by atoms with Gasteiger partial charge >= 0.3 is 41.6 Å². The minimum absolute atomic E-state index is 0.0555. The molecular formula is C45H80N4O53S8. The number of rotatable bonds is 43. The first-order chi connectivity index (χ1) is 52.0. The molecule has 57 nitrogen and oxygen atoms in total. The summed E-state index contributed by atoms with van der Waals surface area (Å²) in [5.41, 5.74) is 0. The fraction of sp³-hybridized carbons (Fsp3) is 1.00. The summed E-state index contributed by atoms with van der Waals surface area (Å²) in [5, 5.41) is 152. The molecular weight excluding hydrogens is 1700 g/mol. The number of methoxy groups -OCH3 is 1. The highest BCUT2D eigenvalue weighted by molar-refractivity contribution is 7.93. The van der Waals surface area contributed by atoms with Gasteiger partial charge in [-0.25, -0.2) is 56.6 Å². The molecule has 0 aliphatic carbocycles. The SMILES string of the molecule is CO[C@H]1OC(COS(=O)(=O)O)[C@@H](O[C@H]2C[C@H](O)[C@H](O[C@@H]3OC(COS(=O)(=O)O)[C@@H](O[C@H]4C[C@H](O)[C@H](O[C@@H]5OC(COS(=O)(=O)O)[C@@H](O[C@H]6C[C@H](O)[C@H](O[C@@H]7OC(COS(=O)(=O)O)[C@@H](O[C@H]8C[C@H](O)[C@H](O)CO8)[C@H](O)C7NSOOO)CO6)[C@H](O)C5NSOOO)CO4)[C@H](O)C3NSOOO)CO2)[C@H](O)C1NSOOO. The minimum atomic E-state index is -5.36. The van der Waals surface area contributed by atoms with Gasteiger partial charge in [-0.05, 0) is 0 Å². The van der Waals surface area contributed by atoms with Gasteiger partial charge in [-0.1, -0.05) is 20.2 Å². The molecule has 110 heavy (non-hydrogen) atoms. The first-order valence-corrected chi connectivity index (χ1v) is 39.8. The van der Waals surface area contributed by atoms with Crippen molar-refractivity contribution in [3.8, 4) is 0 Å². The normalized spacial score (nSPS) is 40.8. The summed E-state index contributed by atoms with van der Waals surface area (Å²) in [6.45, 7) is -7.13. The number of hydrogen-bond donors (Lipinski definition) is 21. The number of nitrogens with one attached hydrogen (secondary N) is 4. The molecule has 0 saturated carbocycles. The van der Waals surface area contributed by atoms with Crippen LogP contribution in [0.4, 0.5) is 0 Å². The molecule has 0 bridgehead atoms. The van der Waals surface area contributed by atoms with E-state index in [2.05, 4.69) is 73.1 Å². The Labute approximate surface area is 637 Å². The van der Waals surface area contributed by atoms with Crippen LogP contribution in [0.3, 0.4) is 0 Å². The van der Waals surface area contributed by atoms with Crippen molar-refractivity contribution in [3.05, 3.63) is 0 Å². The lowest BCUT2D eigenvalue weighted by Gasteiger charge is -2.48. The van der Waals surface area contributed by atoms with Crippen molar-refractivity contribution < 1.29 is 249 Å². The third-order valence-electron chi connectivity index (χ3n) is 16.9. The van der Waals surface area contributed by atoms with E-state index < -0.39 is 310 Å². The van der Waals surface area contributed by atoms with Crippen LogP contribution in [0.5, 0.6) is 0 Å². The molecule has 8 aliphatic rings. The van der Waals surface area contributed by atoms with Crippen LogP contribution < -0.4 is 18.9 Å². The molecule has 8 fully saturated rings. The van der Waals surface area contributed by atoms with Gasteiger partial charge in [0, 0.05) is 32.8 Å². The van der Waals surface area contributed by atoms with E-state index in [1.165, 1.54) is 0 Å². The Morgan fingerprint density at radius 3 is 0.800 bits per heavy atom. The molecule has 8 heterocycles. The zero-order valence-electron chi connectivity index (χ0n) is 55.5. The highest BCUT2D eigenvalue weighted by Crippen LogP contribution is 2.38. The lowest BCUT2D eigenvalue weighted by atomic mass is 9.96. The largest absolute Gasteiger partial charge is 0.397 e. The predicted octanol–water partition coefficient (Wildman–Crippen LogP) is -9.49. The van der Waals surface area contributed by atoms with Gasteiger partial charge in [0.1, 0.15) is 147 Å². The molecule has 32 atom stereocenters. The second-order valence-electron chi connectivity index (χ2n) is 24.0. The van der Waals surface area contributed by atoms with Crippen LogP contribution in [0.25, 0.3) is 0 Å². The van der Waals surface area contributed by atoms with E-state index in [9.17, 15) is 97.8 Å². The third kappa shape index (κ3) is 28.7. The molecule has 0 aromatic heterocycles. The smallest absolute Gasteiger partial charge is 0.390 e. The summed E-state index contributed by atoms with van der Waals surface area (Å²) >= 11 is 0.472. The van der Waals surface area contributed by atoms with Gasteiger partial charge in [0.05, 0.1) is 101 Å². The van der Waals surface area contributed by atoms with E-state index in [0.29, 0.717) is 0 Å². The molecule has 8 saturated heterocycles. The van der Waals surface area contributed by atoms with E-state index in [0.717, 1.165) is 7.11 Å². The Bertz CT molecular complexity index is 3190. The zero-order chi connectivity index (χ0) is 80.4. The fourth-order valence-electron chi connectivity index (χ4n) is 11.8. The maximum absolute atomic E-state index is 12.1. The molecule has 65 heteroatoms. The highest BCUT2D eigenvalue weighted by Gasteiger charge is 2.56. The molecule has 21 N–H and O–H groups in total. The van der Waals surface area contributed by atoms with Crippen molar-refractivity contribution in [3.63, 3.8) is 0 Å². The minimum Gasteiger partial charge on any atom is -0.390 e. The maximum atomic E-state index is 12.1. The number of aliphatic hydroxyl groups excluding tert-OH is 9. The Morgan fingerprint density at radius 1 is 0.336 bits per heavy atom. The highest BCUT2D eigenvalue weighted by atomic mass is 32.3. The van der Waals surface area contributed by atoms with Crippen molar-refractivity contribution in [2.24, 2.45) is 0 Å². The molecule has 8 unspecified atom stereocenters. The number of aliphatic hydroxyl groups is 9. The van der Waals surface area contributed by atoms with Crippen molar-refractivity contribution in [1.82, 2.24) is 18.9 Å². The molecule has 0 amide bonds. The van der Waals surface area contributed by atoms with Crippen molar-refractivity contribution in [1.29, 1.82) is 0 Å². The van der Waals surface area contributed by atoms with E-state index in [-0.39, 0.29) is 55.3 Å². The summed E-state index contributed by atoms with van der Waals surface area (Å²) in [7, 11) is -19.9. The molecule has 0 aromatic rings. The summed E-state index contributed by atoms with van der Waals surface area (Å²) < 4.78 is 271. The molecule has 0 aromatic carbocycles. The summed E-state index contributed by atoms with van der Waals surface area (Å²) in [6, 6.07) is -6.42. The quantitative estimate of drug-likeness (QED) is 0.00673. The molecule has 0 radical (unpaired) electrons. The van der Waals surface area contributed by atoms with Crippen molar-refractivity contribution >= 4 is 90.5 Å². The van der Waals surface area contributed by atoms with Gasteiger partial charge in [0.2, 0.25) is 0 Å². The Hall–Kier alpha value is -0.760. The lowest BCUT2D eigenvalue weighted by molar-refractivity contribution is -0.432. The average molecular weight is 1780 g/mol. The summed E-state index contributed by atoms with van der Waals surface area (Å²) in [6.07, 6.45) is -50.5. The molecule has 646 valence electrons. The van der Waals surface area contributed by atoms with Gasteiger partial charge in [-0.3, -0.25) is 18.2 Å². The van der Waals surface area contributed by atoms with Gasteiger partial charge in [0.15, 0.2) is 50.3 Å². The standard InChI is InChI=1S/C45H80N4O53S8/c1-75-42-30(46-103-99-95-59)34(55)38(22(87-42)10-80-107(63,64)65)92-27-3-15(51)19(7-77-27)85-44-32(48-105-101-97-61)36(57)40(24(89-44)12-82-109(69,70)71)94-29-5-17(53)21(9-79-29)86-45-33(49-106-102-98-62)37(58)41(25(90-45)13-83-110(72,73)74)93-28-4-16(52)20(8-78-28)84-43-31(47-104-100-96-60)35(56)39(23(88-43)11-81-108(66,67)68)91-26-2-14(50)18(54)6-76-26/h14-62H,2-13H2,1H3,(H,63,64,65)(H,66,67,68)(H,69,70,71)(H,72,73,74)/t14-,15-,16-,17-,18+,19+,20+,21+,22?,23?,24?,25?,26-,27-,28-,29-,30?,31?,32?,33?,34+,35+,36+,37+,38+,39+,40+,41+,42-,43+,44+,45+/m0/s1.